The Bertz CT molecular complexity index is 581. The summed E-state index contributed by atoms with van der Waals surface area (Å²) in [6.45, 7) is -0.900. The maximum absolute atomic E-state index is 11.4. The Morgan fingerprint density at radius 3 is 2.94 bits per heavy atom. The topological polar surface area (TPSA) is 130 Å². The fourth-order valence-electron chi connectivity index (χ4n) is 1.26. The van der Waals surface area contributed by atoms with E-state index in [0.717, 1.165) is 0 Å². The first kappa shape index (κ1) is 11.9. The number of aromatic nitrogens is 4. The van der Waals surface area contributed by atoms with E-state index in [9.17, 15) is 9.59 Å². The van der Waals surface area contributed by atoms with Crippen molar-refractivity contribution < 1.29 is 19.4 Å². The summed E-state index contributed by atoms with van der Waals surface area (Å²) >= 11 is 0. The Labute approximate surface area is 100 Å². The van der Waals surface area contributed by atoms with Crippen molar-refractivity contribution in [2.45, 2.75) is 0 Å². The lowest BCUT2D eigenvalue weighted by Gasteiger charge is -2.04. The Balaban J connectivity index is 1.98. The summed E-state index contributed by atoms with van der Waals surface area (Å²) in [5.41, 5.74) is 0.913. The molecule has 0 fully saturated rings. The Morgan fingerprint density at radius 1 is 1.33 bits per heavy atom. The number of H-pyrrole nitrogens is 1. The molecule has 3 N–H and O–H groups in total. The van der Waals surface area contributed by atoms with Crippen molar-refractivity contribution in [1.29, 1.82) is 0 Å². The van der Waals surface area contributed by atoms with Crippen LogP contribution in [0, 0.1) is 0 Å². The first-order valence-electron chi connectivity index (χ1n) is 4.90. The summed E-state index contributed by atoms with van der Waals surface area (Å²) in [5.74, 6) is -1.38. The molecule has 0 aliphatic heterocycles. The Kier molecular flexibility index (Phi) is 3.44. The molecule has 0 saturated carbocycles. The SMILES string of the molecule is O=C(O)COCC(=O)Nc1ncnc2nc[nH]c12. The number of ether oxygens (including phenoxy) is 1. The van der Waals surface area contributed by atoms with Crippen molar-refractivity contribution in [2.24, 2.45) is 0 Å². The van der Waals surface area contributed by atoms with Gasteiger partial charge in [0.2, 0.25) is 0 Å². The zero-order valence-electron chi connectivity index (χ0n) is 9.08. The van der Waals surface area contributed by atoms with Crippen molar-refractivity contribution in [2.75, 3.05) is 18.5 Å². The molecule has 0 aliphatic carbocycles. The molecule has 2 aromatic heterocycles. The molecule has 0 aliphatic rings. The smallest absolute Gasteiger partial charge is 0.329 e. The molecule has 0 saturated heterocycles. The monoisotopic (exact) mass is 251 g/mol. The number of anilines is 1. The molecule has 2 rings (SSSR count). The van der Waals surface area contributed by atoms with Gasteiger partial charge in [-0.3, -0.25) is 4.79 Å². The van der Waals surface area contributed by atoms with Gasteiger partial charge in [-0.2, -0.15) is 0 Å². The number of fused-ring (bicyclic) bond motifs is 1. The number of carbonyl (C=O) groups excluding carboxylic acids is 1. The van der Waals surface area contributed by atoms with E-state index >= 15 is 0 Å². The minimum absolute atomic E-state index is 0.265. The molecular formula is C9H9N5O4. The number of nitrogens with one attached hydrogen (secondary N) is 2. The second kappa shape index (κ2) is 5.19. The van der Waals surface area contributed by atoms with Gasteiger partial charge in [0.15, 0.2) is 11.5 Å². The van der Waals surface area contributed by atoms with Crippen LogP contribution in [-0.4, -0.2) is 50.1 Å². The second-order valence-electron chi connectivity index (χ2n) is 3.26. The van der Waals surface area contributed by atoms with Crippen LogP contribution >= 0.6 is 0 Å². The lowest BCUT2D eigenvalue weighted by Crippen LogP contribution is -2.21. The summed E-state index contributed by atoms with van der Waals surface area (Å²) in [6, 6.07) is 0. The van der Waals surface area contributed by atoms with Crippen molar-refractivity contribution in [3.8, 4) is 0 Å². The molecule has 2 heterocycles. The maximum atomic E-state index is 11.4. The predicted molar refractivity (Wildman–Crippen MR) is 58.8 cm³/mol. The third kappa shape index (κ3) is 2.77. The highest BCUT2D eigenvalue weighted by Crippen LogP contribution is 2.13. The average molecular weight is 251 g/mol. The number of carbonyl (C=O) groups is 2. The van der Waals surface area contributed by atoms with Gasteiger partial charge >= 0.3 is 5.97 Å². The van der Waals surface area contributed by atoms with Crippen LogP contribution in [0.15, 0.2) is 12.7 Å². The van der Waals surface area contributed by atoms with E-state index in [1.807, 2.05) is 0 Å². The Hall–Kier alpha value is -2.55. The largest absolute Gasteiger partial charge is 0.480 e. The van der Waals surface area contributed by atoms with Crippen LogP contribution in [0.2, 0.25) is 0 Å². The highest BCUT2D eigenvalue weighted by molar-refractivity contribution is 5.97. The quantitative estimate of drug-likeness (QED) is 0.646. The molecular weight excluding hydrogens is 242 g/mol. The first-order valence-corrected chi connectivity index (χ1v) is 4.90. The minimum atomic E-state index is -1.14. The second-order valence-corrected chi connectivity index (χ2v) is 3.26. The van der Waals surface area contributed by atoms with Gasteiger partial charge in [-0.05, 0) is 0 Å². The van der Waals surface area contributed by atoms with Crippen LogP contribution in [-0.2, 0) is 14.3 Å². The minimum Gasteiger partial charge on any atom is -0.480 e. The lowest BCUT2D eigenvalue weighted by atomic mass is 10.5. The van der Waals surface area contributed by atoms with Crippen LogP contribution in [0.5, 0.6) is 0 Å². The van der Waals surface area contributed by atoms with E-state index < -0.39 is 18.5 Å². The summed E-state index contributed by atoms with van der Waals surface area (Å²) in [5, 5.41) is 10.8. The molecule has 0 bridgehead atoms. The van der Waals surface area contributed by atoms with E-state index in [4.69, 9.17) is 5.11 Å². The van der Waals surface area contributed by atoms with E-state index in [2.05, 4.69) is 30.0 Å². The van der Waals surface area contributed by atoms with Crippen molar-refractivity contribution in [3.05, 3.63) is 12.7 Å². The Morgan fingerprint density at radius 2 is 2.17 bits per heavy atom. The average Bonchev–Trinajstić information content (AvgIpc) is 2.77. The standard InChI is InChI=1S/C9H9N5O4/c15-5(1-18-2-6(16)17)14-9-7-8(11-3-10-7)12-4-13-9/h3-4H,1-2H2,(H,16,17)(H2,10,11,12,13,14,15). The third-order valence-electron chi connectivity index (χ3n) is 1.94. The summed E-state index contributed by atoms with van der Waals surface area (Å²) in [7, 11) is 0. The zero-order valence-corrected chi connectivity index (χ0v) is 9.08. The summed E-state index contributed by atoms with van der Waals surface area (Å²) in [4.78, 5) is 36.1. The predicted octanol–water partition coefficient (Wildman–Crippen LogP) is -0.607. The lowest BCUT2D eigenvalue weighted by molar-refractivity contribution is -0.143. The van der Waals surface area contributed by atoms with Crippen molar-refractivity contribution in [1.82, 2.24) is 19.9 Å². The van der Waals surface area contributed by atoms with Gasteiger partial charge in [-0.25, -0.2) is 19.7 Å². The van der Waals surface area contributed by atoms with Crippen LogP contribution in [0.25, 0.3) is 11.2 Å². The highest BCUT2D eigenvalue weighted by atomic mass is 16.5. The van der Waals surface area contributed by atoms with Crippen molar-refractivity contribution >= 4 is 28.9 Å². The molecule has 0 spiro atoms. The van der Waals surface area contributed by atoms with Gasteiger partial charge in [-0.15, -0.1) is 0 Å². The molecule has 2 aromatic rings. The highest BCUT2D eigenvalue weighted by Gasteiger charge is 2.10. The summed E-state index contributed by atoms with van der Waals surface area (Å²) < 4.78 is 4.64. The summed E-state index contributed by atoms with van der Waals surface area (Å²) in [6.07, 6.45) is 2.69. The number of aliphatic carboxylic acids is 1. The molecule has 0 radical (unpaired) electrons. The molecule has 0 aromatic carbocycles. The molecule has 9 nitrogen and oxygen atoms in total. The van der Waals surface area contributed by atoms with Crippen LogP contribution in [0.1, 0.15) is 0 Å². The molecule has 0 atom stereocenters. The fraction of sp³-hybridized carbons (Fsp3) is 0.222. The molecule has 1 amide bonds. The van der Waals surface area contributed by atoms with Crippen LogP contribution in [0.3, 0.4) is 0 Å². The number of nitrogens with zero attached hydrogens (tertiary/aromatic N) is 3. The molecule has 18 heavy (non-hydrogen) atoms. The normalized spacial score (nSPS) is 10.4. The van der Waals surface area contributed by atoms with Gasteiger partial charge in [0.1, 0.15) is 25.1 Å². The number of carboxylic acid groups (broad SMARTS) is 1. The first-order chi connectivity index (χ1) is 8.66. The van der Waals surface area contributed by atoms with Gasteiger partial charge < -0.3 is 20.1 Å². The van der Waals surface area contributed by atoms with E-state index in [-0.39, 0.29) is 12.4 Å². The number of hydrogen-bond donors (Lipinski definition) is 3. The fourth-order valence-corrected chi connectivity index (χ4v) is 1.26. The van der Waals surface area contributed by atoms with Crippen LogP contribution < -0.4 is 5.32 Å². The van der Waals surface area contributed by atoms with E-state index in [1.54, 1.807) is 0 Å². The van der Waals surface area contributed by atoms with Crippen LogP contribution in [0.4, 0.5) is 5.82 Å². The zero-order chi connectivity index (χ0) is 13.0. The molecule has 94 valence electrons. The number of carboxylic acids is 1. The third-order valence-corrected chi connectivity index (χ3v) is 1.94. The van der Waals surface area contributed by atoms with Gasteiger partial charge in [0.25, 0.3) is 5.91 Å². The number of imidazole rings is 1. The van der Waals surface area contributed by atoms with Gasteiger partial charge in [0.05, 0.1) is 6.33 Å². The number of amides is 1. The van der Waals surface area contributed by atoms with Crippen molar-refractivity contribution in [3.63, 3.8) is 0 Å². The molecule has 9 heteroatoms. The van der Waals surface area contributed by atoms with E-state index in [0.29, 0.717) is 11.2 Å². The van der Waals surface area contributed by atoms with Gasteiger partial charge in [-0.1, -0.05) is 0 Å². The molecule has 0 unspecified atom stereocenters. The number of rotatable bonds is 5. The van der Waals surface area contributed by atoms with E-state index in [1.165, 1.54) is 12.7 Å². The maximum Gasteiger partial charge on any atom is 0.329 e. The van der Waals surface area contributed by atoms with Gasteiger partial charge in [0, 0.05) is 0 Å². The number of aromatic amines is 1. The number of hydrogen-bond acceptors (Lipinski definition) is 6.